The first-order chi connectivity index (χ1) is 18.4. The number of benzene rings is 2. The number of carbonyl (C=O) groups excluding carboxylic acids is 3. The van der Waals surface area contributed by atoms with Crippen LogP contribution in [0.25, 0.3) is 0 Å². The number of alkyl carbamates (subject to hydrolysis) is 1. The van der Waals surface area contributed by atoms with E-state index >= 15 is 0 Å². The van der Waals surface area contributed by atoms with Gasteiger partial charge in [-0.15, -0.1) is 6.42 Å². The van der Waals surface area contributed by atoms with E-state index in [1.54, 1.807) is 49.9 Å². The van der Waals surface area contributed by atoms with Crippen molar-refractivity contribution in [3.8, 4) is 12.3 Å². The van der Waals surface area contributed by atoms with Gasteiger partial charge in [0.2, 0.25) is 11.8 Å². The molecule has 2 aromatic carbocycles. The summed E-state index contributed by atoms with van der Waals surface area (Å²) in [7, 11) is 0. The van der Waals surface area contributed by atoms with E-state index in [-0.39, 0.29) is 24.3 Å². The topological polar surface area (TPSA) is 87.7 Å². The average Bonchev–Trinajstić information content (AvgIpc) is 2.86. The molecule has 3 amide bonds. The average molecular weight is 534 g/mol. The van der Waals surface area contributed by atoms with Gasteiger partial charge >= 0.3 is 6.09 Å². The number of hydrogen-bond acceptors (Lipinski definition) is 4. The summed E-state index contributed by atoms with van der Waals surface area (Å²) < 4.78 is 5.49. The second-order valence-electron chi connectivity index (χ2n) is 11.0. The zero-order valence-corrected chi connectivity index (χ0v) is 24.1. The Hall–Kier alpha value is -3.79. The molecule has 0 fully saturated rings. The highest BCUT2D eigenvalue weighted by molar-refractivity contribution is 5.92. The van der Waals surface area contributed by atoms with E-state index in [4.69, 9.17) is 11.2 Å². The fourth-order valence-corrected chi connectivity index (χ4v) is 4.20. The molecule has 0 radical (unpaired) electrons. The van der Waals surface area contributed by atoms with Crippen LogP contribution in [0.2, 0.25) is 0 Å². The van der Waals surface area contributed by atoms with Gasteiger partial charge in [0.25, 0.3) is 0 Å². The van der Waals surface area contributed by atoms with E-state index in [0.29, 0.717) is 24.1 Å². The fourth-order valence-electron chi connectivity index (χ4n) is 4.20. The van der Waals surface area contributed by atoms with Gasteiger partial charge in [-0.25, -0.2) is 4.79 Å². The largest absolute Gasteiger partial charge is 0.444 e. The van der Waals surface area contributed by atoms with Gasteiger partial charge in [-0.2, -0.15) is 0 Å². The molecule has 7 nitrogen and oxygen atoms in total. The minimum atomic E-state index is -0.941. The molecule has 0 aromatic heterocycles. The molecule has 0 aliphatic rings. The maximum absolute atomic E-state index is 14.3. The predicted molar refractivity (Wildman–Crippen MR) is 155 cm³/mol. The van der Waals surface area contributed by atoms with Gasteiger partial charge < -0.3 is 20.3 Å². The Bertz CT molecular complexity index is 1110. The number of hydrogen-bond donors (Lipinski definition) is 2. The third kappa shape index (κ3) is 10.5. The third-order valence-corrected chi connectivity index (χ3v) is 5.94. The lowest BCUT2D eigenvalue weighted by Crippen LogP contribution is -2.54. The highest BCUT2D eigenvalue weighted by Gasteiger charge is 2.36. The first-order valence-electron chi connectivity index (χ1n) is 13.7. The molecule has 0 heterocycles. The standard InChI is InChI=1S/C32H43N3O4/c1-8-10-14-21-35(28(29(36)33-23(3)4)26-19-17-24(9-2)18-20-26)30(37)27(22-25-15-12-11-13-16-25)34-31(38)39-32(5,6)7/h2,11-13,15-20,23,27-28H,8,10,14,21-22H2,1,3-7H3,(H,33,36)(H,34,38). The molecule has 0 aliphatic heterocycles. The van der Waals surface area contributed by atoms with E-state index in [1.807, 2.05) is 44.2 Å². The molecule has 2 atom stereocenters. The van der Waals surface area contributed by atoms with Crippen molar-refractivity contribution in [2.75, 3.05) is 6.54 Å². The van der Waals surface area contributed by atoms with Crippen LogP contribution in [0.1, 0.15) is 83.5 Å². The molecular weight excluding hydrogens is 490 g/mol. The normalized spacial score (nSPS) is 12.7. The zero-order chi connectivity index (χ0) is 29.0. The SMILES string of the molecule is C#Cc1ccc(C(C(=O)NC(C)C)N(CCCCC)C(=O)C(Cc2ccccc2)NC(=O)OC(C)(C)C)cc1. The number of rotatable bonds is 12. The molecule has 0 aliphatic carbocycles. The maximum Gasteiger partial charge on any atom is 0.408 e. The minimum Gasteiger partial charge on any atom is -0.444 e. The quantitative estimate of drug-likeness (QED) is 0.283. The molecule has 0 bridgehead atoms. The molecule has 7 heteroatoms. The Kier molecular flexibility index (Phi) is 12.1. The summed E-state index contributed by atoms with van der Waals surface area (Å²) in [6.07, 6.45) is 7.66. The van der Waals surface area contributed by atoms with E-state index in [0.717, 1.165) is 18.4 Å². The Morgan fingerprint density at radius 2 is 1.62 bits per heavy atom. The first kappa shape index (κ1) is 31.4. The smallest absolute Gasteiger partial charge is 0.408 e. The summed E-state index contributed by atoms with van der Waals surface area (Å²) in [5.74, 6) is 1.94. The van der Waals surface area contributed by atoms with Crippen molar-refractivity contribution in [2.24, 2.45) is 0 Å². The summed E-state index contributed by atoms with van der Waals surface area (Å²) in [6.45, 7) is 11.5. The highest BCUT2D eigenvalue weighted by atomic mass is 16.6. The van der Waals surface area contributed by atoms with Crippen molar-refractivity contribution < 1.29 is 19.1 Å². The fraction of sp³-hybridized carbons (Fsp3) is 0.469. The van der Waals surface area contributed by atoms with Crippen LogP contribution in [0.3, 0.4) is 0 Å². The maximum atomic E-state index is 14.3. The zero-order valence-electron chi connectivity index (χ0n) is 24.1. The van der Waals surface area contributed by atoms with Gasteiger partial charge in [0.15, 0.2) is 0 Å². The van der Waals surface area contributed by atoms with E-state index in [9.17, 15) is 14.4 Å². The van der Waals surface area contributed by atoms with Crippen molar-refractivity contribution in [3.05, 3.63) is 71.3 Å². The Morgan fingerprint density at radius 1 is 0.974 bits per heavy atom. The second-order valence-corrected chi connectivity index (χ2v) is 11.0. The lowest BCUT2D eigenvalue weighted by Gasteiger charge is -2.35. The molecule has 0 saturated heterocycles. The molecule has 0 saturated carbocycles. The molecule has 2 aromatic rings. The summed E-state index contributed by atoms with van der Waals surface area (Å²) in [5, 5.41) is 5.76. The van der Waals surface area contributed by atoms with Crippen LogP contribution in [0, 0.1) is 12.3 Å². The van der Waals surface area contributed by atoms with Crippen molar-refractivity contribution in [1.82, 2.24) is 15.5 Å². The third-order valence-electron chi connectivity index (χ3n) is 5.94. The number of nitrogens with one attached hydrogen (secondary N) is 2. The van der Waals surface area contributed by atoms with Crippen LogP contribution in [-0.2, 0) is 20.7 Å². The van der Waals surface area contributed by atoms with Crippen LogP contribution in [0.5, 0.6) is 0 Å². The van der Waals surface area contributed by atoms with Gasteiger partial charge in [0.05, 0.1) is 0 Å². The van der Waals surface area contributed by atoms with Crippen molar-refractivity contribution in [1.29, 1.82) is 0 Å². The Labute approximate surface area is 233 Å². The monoisotopic (exact) mass is 533 g/mol. The lowest BCUT2D eigenvalue weighted by molar-refractivity contribution is -0.142. The van der Waals surface area contributed by atoms with Gasteiger partial charge in [-0.05, 0) is 64.3 Å². The predicted octanol–water partition coefficient (Wildman–Crippen LogP) is 5.39. The molecule has 2 unspecified atom stereocenters. The van der Waals surface area contributed by atoms with Crippen LogP contribution in [-0.4, -0.2) is 47.0 Å². The van der Waals surface area contributed by atoms with Gasteiger partial charge in [0, 0.05) is 24.6 Å². The number of carbonyl (C=O) groups is 3. The summed E-state index contributed by atoms with van der Waals surface area (Å²) in [6, 6.07) is 14.6. The van der Waals surface area contributed by atoms with Gasteiger partial charge in [-0.1, -0.05) is 68.2 Å². The Morgan fingerprint density at radius 3 is 2.15 bits per heavy atom. The van der Waals surface area contributed by atoms with Gasteiger partial charge in [0.1, 0.15) is 17.7 Å². The summed E-state index contributed by atoms with van der Waals surface area (Å²) >= 11 is 0. The van der Waals surface area contributed by atoms with E-state index < -0.39 is 23.8 Å². The lowest BCUT2D eigenvalue weighted by atomic mass is 9.98. The number of amides is 3. The molecular formula is C32H43N3O4. The minimum absolute atomic E-state index is 0.127. The molecule has 39 heavy (non-hydrogen) atoms. The number of nitrogens with zero attached hydrogens (tertiary/aromatic N) is 1. The van der Waals surface area contributed by atoms with Crippen molar-refractivity contribution in [3.63, 3.8) is 0 Å². The van der Waals surface area contributed by atoms with E-state index in [2.05, 4.69) is 23.5 Å². The van der Waals surface area contributed by atoms with Gasteiger partial charge in [-0.3, -0.25) is 9.59 Å². The molecule has 0 spiro atoms. The van der Waals surface area contributed by atoms with Crippen molar-refractivity contribution >= 4 is 17.9 Å². The molecule has 2 N–H and O–H groups in total. The van der Waals surface area contributed by atoms with Crippen molar-refractivity contribution in [2.45, 2.75) is 91.0 Å². The number of unbranched alkanes of at least 4 members (excludes halogenated alkanes) is 2. The van der Waals surface area contributed by atoms with Crippen LogP contribution in [0.15, 0.2) is 54.6 Å². The number of ether oxygens (including phenoxy) is 1. The Balaban J connectivity index is 2.55. The summed E-state index contributed by atoms with van der Waals surface area (Å²) in [4.78, 5) is 42.4. The number of terminal acetylenes is 1. The van der Waals surface area contributed by atoms with E-state index in [1.165, 1.54) is 0 Å². The first-order valence-corrected chi connectivity index (χ1v) is 13.7. The van der Waals surface area contributed by atoms with Crippen LogP contribution >= 0.6 is 0 Å². The molecule has 2 rings (SSSR count). The summed E-state index contributed by atoms with van der Waals surface area (Å²) in [5.41, 5.74) is 1.47. The van der Waals surface area contributed by atoms with Crippen LogP contribution in [0.4, 0.5) is 4.79 Å². The second kappa shape index (κ2) is 15.0. The van der Waals surface area contributed by atoms with Crippen LogP contribution < -0.4 is 10.6 Å². The molecule has 210 valence electrons. The highest BCUT2D eigenvalue weighted by Crippen LogP contribution is 2.25.